The summed E-state index contributed by atoms with van der Waals surface area (Å²) in [6.45, 7) is 3.08. The molecule has 19 heavy (non-hydrogen) atoms. The lowest BCUT2D eigenvalue weighted by Gasteiger charge is -2.28. The van der Waals surface area contributed by atoms with Gasteiger partial charge in [0.1, 0.15) is 5.82 Å². The van der Waals surface area contributed by atoms with Crippen LogP contribution in [0.25, 0.3) is 0 Å². The third-order valence-electron chi connectivity index (χ3n) is 4.10. The first kappa shape index (κ1) is 13.8. The van der Waals surface area contributed by atoms with Gasteiger partial charge in [0.2, 0.25) is 0 Å². The Kier molecular flexibility index (Phi) is 4.77. The van der Waals surface area contributed by atoms with Crippen molar-refractivity contribution < 1.29 is 4.79 Å². The molecule has 0 saturated heterocycles. The van der Waals surface area contributed by atoms with Gasteiger partial charge in [0.25, 0.3) is 5.91 Å². The van der Waals surface area contributed by atoms with E-state index < -0.39 is 0 Å². The minimum Gasteiger partial charge on any atom is -0.373 e. The summed E-state index contributed by atoms with van der Waals surface area (Å²) in [6, 6.07) is 3.62. The van der Waals surface area contributed by atoms with Crippen LogP contribution in [0.2, 0.25) is 0 Å². The normalized spacial score (nSPS) is 22.8. The molecule has 1 heterocycles. The zero-order valence-corrected chi connectivity index (χ0v) is 11.8. The maximum absolute atomic E-state index is 12.0. The molecular formula is C15H23N3O. The standard InChI is InChI=1S/C15H23N3O/c1-11-5-3-4-6-12(11)9-18-15(19)13-7-8-14(16-2)17-10-13/h7-8,10-12H,3-6,9H2,1-2H3,(H,16,17)(H,18,19). The number of pyridine rings is 1. The molecule has 1 aromatic rings. The highest BCUT2D eigenvalue weighted by molar-refractivity contribution is 5.94. The van der Waals surface area contributed by atoms with Crippen molar-refractivity contribution in [1.29, 1.82) is 0 Å². The molecule has 1 aliphatic carbocycles. The van der Waals surface area contributed by atoms with Crippen molar-refractivity contribution in [3.8, 4) is 0 Å². The Hall–Kier alpha value is -1.58. The Balaban J connectivity index is 1.86. The molecule has 1 fully saturated rings. The third kappa shape index (κ3) is 3.69. The molecule has 0 spiro atoms. The van der Waals surface area contributed by atoms with Gasteiger partial charge in [-0.25, -0.2) is 4.98 Å². The molecule has 2 atom stereocenters. The minimum atomic E-state index is -0.0204. The van der Waals surface area contributed by atoms with Crippen LogP contribution in [-0.2, 0) is 0 Å². The monoisotopic (exact) mass is 261 g/mol. The van der Waals surface area contributed by atoms with Gasteiger partial charge in [-0.15, -0.1) is 0 Å². The van der Waals surface area contributed by atoms with Gasteiger partial charge in [-0.3, -0.25) is 4.79 Å². The number of rotatable bonds is 4. The molecule has 2 unspecified atom stereocenters. The van der Waals surface area contributed by atoms with E-state index in [4.69, 9.17) is 0 Å². The van der Waals surface area contributed by atoms with E-state index in [9.17, 15) is 4.79 Å². The lowest BCUT2D eigenvalue weighted by Crippen LogP contribution is -2.33. The number of hydrogen-bond acceptors (Lipinski definition) is 3. The highest BCUT2D eigenvalue weighted by atomic mass is 16.1. The van der Waals surface area contributed by atoms with Crippen molar-refractivity contribution in [3.63, 3.8) is 0 Å². The van der Waals surface area contributed by atoms with Gasteiger partial charge in [-0.05, 0) is 30.4 Å². The van der Waals surface area contributed by atoms with Gasteiger partial charge in [0.15, 0.2) is 0 Å². The summed E-state index contributed by atoms with van der Waals surface area (Å²) < 4.78 is 0. The van der Waals surface area contributed by atoms with Crippen LogP contribution in [-0.4, -0.2) is 24.5 Å². The van der Waals surface area contributed by atoms with Crippen molar-refractivity contribution in [2.45, 2.75) is 32.6 Å². The van der Waals surface area contributed by atoms with Crippen molar-refractivity contribution in [3.05, 3.63) is 23.9 Å². The lowest BCUT2D eigenvalue weighted by molar-refractivity contribution is 0.0936. The first-order valence-electron chi connectivity index (χ1n) is 7.12. The van der Waals surface area contributed by atoms with E-state index in [1.54, 1.807) is 12.3 Å². The van der Waals surface area contributed by atoms with Gasteiger partial charge in [-0.2, -0.15) is 0 Å². The maximum atomic E-state index is 12.0. The number of carbonyl (C=O) groups excluding carboxylic acids is 1. The molecule has 0 aliphatic heterocycles. The lowest BCUT2D eigenvalue weighted by atomic mass is 9.80. The van der Waals surface area contributed by atoms with Gasteiger partial charge < -0.3 is 10.6 Å². The smallest absolute Gasteiger partial charge is 0.252 e. The first-order chi connectivity index (χ1) is 9.20. The first-order valence-corrected chi connectivity index (χ1v) is 7.12. The second-order valence-electron chi connectivity index (χ2n) is 5.41. The topological polar surface area (TPSA) is 54.0 Å². The molecule has 2 rings (SSSR count). The molecule has 2 N–H and O–H groups in total. The fraction of sp³-hybridized carbons (Fsp3) is 0.600. The predicted molar refractivity (Wildman–Crippen MR) is 77.2 cm³/mol. The maximum Gasteiger partial charge on any atom is 0.252 e. The zero-order valence-electron chi connectivity index (χ0n) is 11.8. The second-order valence-corrected chi connectivity index (χ2v) is 5.41. The molecular weight excluding hydrogens is 238 g/mol. The molecule has 1 aliphatic rings. The Morgan fingerprint density at radius 1 is 1.37 bits per heavy atom. The highest BCUT2D eigenvalue weighted by Crippen LogP contribution is 2.28. The number of nitrogens with zero attached hydrogens (tertiary/aromatic N) is 1. The van der Waals surface area contributed by atoms with E-state index in [-0.39, 0.29) is 5.91 Å². The SMILES string of the molecule is CNc1ccc(C(=O)NCC2CCCCC2C)cn1. The molecule has 0 aromatic carbocycles. The molecule has 0 radical (unpaired) electrons. The average molecular weight is 261 g/mol. The minimum absolute atomic E-state index is 0.0204. The Morgan fingerprint density at radius 2 is 2.16 bits per heavy atom. The summed E-state index contributed by atoms with van der Waals surface area (Å²) in [5.41, 5.74) is 0.627. The summed E-state index contributed by atoms with van der Waals surface area (Å²) in [5.74, 6) is 2.10. The van der Waals surface area contributed by atoms with Crippen LogP contribution in [0.3, 0.4) is 0 Å². The van der Waals surface area contributed by atoms with Crippen molar-refractivity contribution in [2.75, 3.05) is 18.9 Å². The van der Waals surface area contributed by atoms with Gasteiger partial charge in [-0.1, -0.05) is 26.2 Å². The summed E-state index contributed by atoms with van der Waals surface area (Å²) in [4.78, 5) is 16.2. The Bertz CT molecular complexity index is 416. The molecule has 0 bridgehead atoms. The van der Waals surface area contributed by atoms with E-state index >= 15 is 0 Å². The summed E-state index contributed by atoms with van der Waals surface area (Å²) in [5, 5.41) is 5.98. The van der Waals surface area contributed by atoms with Gasteiger partial charge in [0, 0.05) is 19.8 Å². The largest absolute Gasteiger partial charge is 0.373 e. The fourth-order valence-electron chi connectivity index (χ4n) is 2.70. The summed E-state index contributed by atoms with van der Waals surface area (Å²) in [6.07, 6.45) is 6.77. The molecule has 104 valence electrons. The summed E-state index contributed by atoms with van der Waals surface area (Å²) in [7, 11) is 1.81. The number of hydrogen-bond donors (Lipinski definition) is 2. The molecule has 4 heteroatoms. The van der Waals surface area contributed by atoms with E-state index in [0.717, 1.165) is 18.3 Å². The van der Waals surface area contributed by atoms with Crippen LogP contribution >= 0.6 is 0 Å². The van der Waals surface area contributed by atoms with Crippen LogP contribution in [0.1, 0.15) is 43.0 Å². The number of carbonyl (C=O) groups is 1. The Labute approximate surface area is 115 Å². The average Bonchev–Trinajstić information content (AvgIpc) is 2.46. The quantitative estimate of drug-likeness (QED) is 0.876. The van der Waals surface area contributed by atoms with Crippen molar-refractivity contribution in [2.24, 2.45) is 11.8 Å². The predicted octanol–water partition coefficient (Wildman–Crippen LogP) is 2.68. The number of aromatic nitrogens is 1. The van der Waals surface area contributed by atoms with Crippen LogP contribution in [0.15, 0.2) is 18.3 Å². The zero-order chi connectivity index (χ0) is 13.7. The molecule has 1 amide bonds. The van der Waals surface area contributed by atoms with Crippen LogP contribution < -0.4 is 10.6 Å². The van der Waals surface area contributed by atoms with Gasteiger partial charge in [0.05, 0.1) is 5.56 Å². The van der Waals surface area contributed by atoms with Crippen LogP contribution in [0.4, 0.5) is 5.82 Å². The number of amides is 1. The van der Waals surface area contributed by atoms with E-state index in [1.165, 1.54) is 25.7 Å². The van der Waals surface area contributed by atoms with Crippen molar-refractivity contribution in [1.82, 2.24) is 10.3 Å². The third-order valence-corrected chi connectivity index (χ3v) is 4.10. The number of anilines is 1. The molecule has 1 saturated carbocycles. The summed E-state index contributed by atoms with van der Waals surface area (Å²) >= 11 is 0. The highest BCUT2D eigenvalue weighted by Gasteiger charge is 2.21. The second kappa shape index (κ2) is 6.55. The fourth-order valence-corrected chi connectivity index (χ4v) is 2.70. The van der Waals surface area contributed by atoms with Gasteiger partial charge >= 0.3 is 0 Å². The molecule has 1 aromatic heterocycles. The van der Waals surface area contributed by atoms with E-state index in [1.807, 2.05) is 13.1 Å². The van der Waals surface area contributed by atoms with Crippen LogP contribution in [0, 0.1) is 11.8 Å². The van der Waals surface area contributed by atoms with E-state index in [2.05, 4.69) is 22.5 Å². The van der Waals surface area contributed by atoms with Crippen molar-refractivity contribution >= 4 is 11.7 Å². The van der Waals surface area contributed by atoms with Crippen LogP contribution in [0.5, 0.6) is 0 Å². The number of nitrogens with one attached hydrogen (secondary N) is 2. The Morgan fingerprint density at radius 3 is 2.79 bits per heavy atom. The molecule has 4 nitrogen and oxygen atoms in total. The van der Waals surface area contributed by atoms with E-state index in [0.29, 0.717) is 11.5 Å².